The standard InChI is InChI=1S/C56H31NOS/c1-2-12-38-32(9-1)10-7-15-39(38)36-22-25-50-45(29-36)56-46-31-49(42-16-8-11-33-19-20-37(30-51(56)58-50)55(46)54(33)42)57-47-17-5-3-13-40(47)43-27-34(21-24-48(43)57)35-23-26-53-44(28-35)41-14-4-6-18-52(41)59-53/h1-31H. The molecule has 14 rings (SSSR count). The minimum atomic E-state index is 0.902. The van der Waals surface area contributed by atoms with E-state index in [1.165, 1.54) is 113 Å². The maximum Gasteiger partial charge on any atom is 0.136 e. The Hall–Kier alpha value is -7.46. The van der Waals surface area contributed by atoms with Gasteiger partial charge in [-0.1, -0.05) is 127 Å². The van der Waals surface area contributed by atoms with Crippen molar-refractivity contribution in [1.82, 2.24) is 4.57 Å². The van der Waals surface area contributed by atoms with Crippen LogP contribution in [0, 0.1) is 0 Å². The largest absolute Gasteiger partial charge is 0.456 e. The van der Waals surface area contributed by atoms with Gasteiger partial charge in [-0.15, -0.1) is 11.3 Å². The van der Waals surface area contributed by atoms with Gasteiger partial charge in [0, 0.05) is 47.1 Å². The summed E-state index contributed by atoms with van der Waals surface area (Å²) in [6, 6.07) is 69.6. The molecule has 0 N–H and O–H groups in total. The van der Waals surface area contributed by atoms with Crippen LogP contribution in [0.5, 0.6) is 0 Å². The number of nitrogens with zero attached hydrogens (tertiary/aromatic N) is 1. The number of thiophene rings is 1. The average Bonchev–Trinajstić information content (AvgIpc) is 3.96. The van der Waals surface area contributed by atoms with Gasteiger partial charge in [-0.25, -0.2) is 0 Å². The van der Waals surface area contributed by atoms with Gasteiger partial charge in [0.15, 0.2) is 0 Å². The normalized spacial score (nSPS) is 12.4. The molecular formula is C56H31NOS. The van der Waals surface area contributed by atoms with Crippen molar-refractivity contribution in [2.45, 2.75) is 0 Å². The molecule has 0 bridgehead atoms. The number of para-hydroxylation sites is 1. The fourth-order valence-electron chi connectivity index (χ4n) is 10.3. The van der Waals surface area contributed by atoms with Crippen molar-refractivity contribution in [3.05, 3.63) is 188 Å². The molecule has 14 aromatic rings. The van der Waals surface area contributed by atoms with E-state index < -0.39 is 0 Å². The fraction of sp³-hybridized carbons (Fsp3) is 0. The molecule has 0 atom stereocenters. The lowest BCUT2D eigenvalue weighted by Gasteiger charge is -2.17. The highest BCUT2D eigenvalue weighted by Gasteiger charge is 2.22. The third kappa shape index (κ3) is 4.35. The summed E-state index contributed by atoms with van der Waals surface area (Å²) in [7, 11) is 0. The molecule has 0 saturated carbocycles. The Kier molecular flexibility index (Phi) is 6.20. The number of fused-ring (bicyclic) bond motifs is 11. The third-order valence-corrected chi connectivity index (χ3v) is 14.1. The predicted octanol–water partition coefficient (Wildman–Crippen LogP) is 16.4. The van der Waals surface area contributed by atoms with Crippen molar-refractivity contribution in [1.29, 1.82) is 0 Å². The minimum absolute atomic E-state index is 0.902. The van der Waals surface area contributed by atoms with Gasteiger partial charge in [0.2, 0.25) is 0 Å². The highest BCUT2D eigenvalue weighted by molar-refractivity contribution is 7.25. The zero-order valence-corrected chi connectivity index (χ0v) is 32.5. The Morgan fingerprint density at radius 1 is 0.339 bits per heavy atom. The van der Waals surface area contributed by atoms with Gasteiger partial charge >= 0.3 is 0 Å². The number of aromatic nitrogens is 1. The summed E-state index contributed by atoms with van der Waals surface area (Å²) in [5, 5.41) is 17.4. The molecule has 0 aliphatic carbocycles. The first-order chi connectivity index (χ1) is 29.2. The van der Waals surface area contributed by atoms with E-state index in [9.17, 15) is 0 Å². The predicted molar refractivity (Wildman–Crippen MR) is 253 cm³/mol. The molecule has 0 radical (unpaired) electrons. The Morgan fingerprint density at radius 2 is 1.00 bits per heavy atom. The van der Waals surface area contributed by atoms with Gasteiger partial charge < -0.3 is 8.98 Å². The van der Waals surface area contributed by atoms with Crippen LogP contribution in [-0.4, -0.2) is 4.57 Å². The number of furan rings is 1. The summed E-state index contributed by atoms with van der Waals surface area (Å²) >= 11 is 1.87. The topological polar surface area (TPSA) is 18.1 Å². The zero-order valence-electron chi connectivity index (χ0n) is 31.7. The number of hydrogen-bond donors (Lipinski definition) is 0. The van der Waals surface area contributed by atoms with E-state index in [1.54, 1.807) is 0 Å². The third-order valence-electron chi connectivity index (χ3n) is 12.9. The smallest absolute Gasteiger partial charge is 0.136 e. The molecule has 2 nitrogen and oxygen atoms in total. The van der Waals surface area contributed by atoms with Gasteiger partial charge in [0.05, 0.1) is 16.7 Å². The van der Waals surface area contributed by atoms with E-state index in [2.05, 4.69) is 193 Å². The second-order valence-electron chi connectivity index (χ2n) is 16.0. The summed E-state index contributed by atoms with van der Waals surface area (Å²) in [6.07, 6.45) is 0. The highest BCUT2D eigenvalue weighted by Crippen LogP contribution is 2.47. The van der Waals surface area contributed by atoms with Gasteiger partial charge in [-0.2, -0.15) is 0 Å². The van der Waals surface area contributed by atoms with E-state index in [4.69, 9.17) is 4.42 Å². The molecule has 0 amide bonds. The molecule has 0 aliphatic rings. The van der Waals surface area contributed by atoms with Crippen LogP contribution in [0.4, 0.5) is 0 Å². The Morgan fingerprint density at radius 3 is 1.95 bits per heavy atom. The molecule has 272 valence electrons. The molecule has 0 saturated heterocycles. The molecule has 0 unspecified atom stereocenters. The Bertz CT molecular complexity index is 4080. The summed E-state index contributed by atoms with van der Waals surface area (Å²) in [5.74, 6) is 0. The molecule has 59 heavy (non-hydrogen) atoms. The van der Waals surface area contributed by atoms with Gasteiger partial charge in [-0.3, -0.25) is 0 Å². The lowest BCUT2D eigenvalue weighted by Crippen LogP contribution is -1.97. The van der Waals surface area contributed by atoms with Crippen LogP contribution < -0.4 is 0 Å². The Labute approximate surface area is 341 Å². The number of hydrogen-bond acceptors (Lipinski definition) is 2. The van der Waals surface area contributed by atoms with Crippen LogP contribution >= 0.6 is 11.3 Å². The van der Waals surface area contributed by atoms with Crippen LogP contribution in [0.25, 0.3) is 135 Å². The van der Waals surface area contributed by atoms with Gasteiger partial charge in [0.1, 0.15) is 11.2 Å². The SMILES string of the molecule is c1ccc2c(-c3ccc4oc5cc6ccc7cccc8c(-n9c%10ccccc%10c%10cc(-c%11ccc%12sc%13ccccc%13c%12c%11)ccc%109)cc(c5c4c3)c6c78)cccc2c1. The van der Waals surface area contributed by atoms with Crippen LogP contribution in [0.2, 0.25) is 0 Å². The molecule has 0 aliphatic heterocycles. The first kappa shape index (κ1) is 31.6. The van der Waals surface area contributed by atoms with Gasteiger partial charge in [0.25, 0.3) is 0 Å². The van der Waals surface area contributed by atoms with Crippen LogP contribution in [0.1, 0.15) is 0 Å². The van der Waals surface area contributed by atoms with Crippen LogP contribution in [-0.2, 0) is 0 Å². The maximum absolute atomic E-state index is 6.75. The molecule has 0 spiro atoms. The second-order valence-corrected chi connectivity index (χ2v) is 17.1. The number of rotatable bonds is 3. The average molecular weight is 766 g/mol. The molecule has 3 heterocycles. The van der Waals surface area contributed by atoms with Crippen molar-refractivity contribution in [3.63, 3.8) is 0 Å². The lowest BCUT2D eigenvalue weighted by atomic mass is 9.90. The van der Waals surface area contributed by atoms with Crippen molar-refractivity contribution in [2.75, 3.05) is 0 Å². The zero-order chi connectivity index (χ0) is 38.3. The first-order valence-electron chi connectivity index (χ1n) is 20.2. The number of benzene rings is 11. The maximum atomic E-state index is 6.75. The Balaban J connectivity index is 1.05. The van der Waals surface area contributed by atoms with Crippen molar-refractivity contribution in [2.24, 2.45) is 0 Å². The monoisotopic (exact) mass is 765 g/mol. The summed E-state index contributed by atoms with van der Waals surface area (Å²) in [5.41, 5.74) is 10.2. The lowest BCUT2D eigenvalue weighted by molar-refractivity contribution is 0.669. The molecule has 3 aromatic heterocycles. The minimum Gasteiger partial charge on any atom is -0.456 e. The van der Waals surface area contributed by atoms with E-state index in [0.29, 0.717) is 0 Å². The molecule has 3 heteroatoms. The summed E-state index contributed by atoms with van der Waals surface area (Å²) in [4.78, 5) is 0. The first-order valence-corrected chi connectivity index (χ1v) is 21.1. The quantitative estimate of drug-likeness (QED) is 0.164. The van der Waals surface area contributed by atoms with E-state index in [1.807, 2.05) is 11.3 Å². The fourth-order valence-corrected chi connectivity index (χ4v) is 11.4. The van der Waals surface area contributed by atoms with Crippen LogP contribution in [0.15, 0.2) is 192 Å². The van der Waals surface area contributed by atoms with Crippen molar-refractivity contribution < 1.29 is 4.42 Å². The summed E-state index contributed by atoms with van der Waals surface area (Å²) in [6.45, 7) is 0. The van der Waals surface area contributed by atoms with E-state index >= 15 is 0 Å². The second kappa shape index (κ2) is 11.6. The van der Waals surface area contributed by atoms with E-state index in [-0.39, 0.29) is 0 Å². The highest BCUT2D eigenvalue weighted by atomic mass is 32.1. The molecule has 11 aromatic carbocycles. The molecular weight excluding hydrogens is 735 g/mol. The van der Waals surface area contributed by atoms with Crippen molar-refractivity contribution >= 4 is 118 Å². The van der Waals surface area contributed by atoms with Gasteiger partial charge in [-0.05, 0) is 121 Å². The van der Waals surface area contributed by atoms with Crippen molar-refractivity contribution in [3.8, 4) is 27.9 Å². The summed E-state index contributed by atoms with van der Waals surface area (Å²) < 4.78 is 11.9. The van der Waals surface area contributed by atoms with E-state index in [0.717, 1.165) is 21.9 Å². The van der Waals surface area contributed by atoms with Crippen LogP contribution in [0.3, 0.4) is 0 Å². The molecule has 0 fully saturated rings.